The lowest BCUT2D eigenvalue weighted by atomic mass is 9.94. The monoisotopic (exact) mass is 210 g/mol. The average molecular weight is 210 g/mol. The van der Waals surface area contributed by atoms with Crippen molar-refractivity contribution in [3.63, 3.8) is 0 Å². The molecule has 3 nitrogen and oxygen atoms in total. The van der Waals surface area contributed by atoms with E-state index in [9.17, 15) is 0 Å². The minimum absolute atomic E-state index is 0.0585. The van der Waals surface area contributed by atoms with Gasteiger partial charge in [0, 0.05) is 12.6 Å². The second-order valence-corrected chi connectivity index (χ2v) is 5.66. The standard InChI is InChI=1S/C12H22N2O/c1-9(7-13)8-14-10-6-11(2,3)15-12(10,4)5/h9-10,14H,6,8H2,1-5H3. The Labute approximate surface area is 92.8 Å². The van der Waals surface area contributed by atoms with Crippen LogP contribution in [0, 0.1) is 17.2 Å². The molecule has 1 heterocycles. The molecule has 1 N–H and O–H groups in total. The van der Waals surface area contributed by atoms with E-state index in [1.165, 1.54) is 0 Å². The van der Waals surface area contributed by atoms with E-state index in [2.05, 4.69) is 39.1 Å². The van der Waals surface area contributed by atoms with Crippen molar-refractivity contribution in [3.05, 3.63) is 0 Å². The van der Waals surface area contributed by atoms with Crippen LogP contribution in [0.2, 0.25) is 0 Å². The second kappa shape index (κ2) is 4.11. The topological polar surface area (TPSA) is 45.0 Å². The maximum absolute atomic E-state index is 8.72. The summed E-state index contributed by atoms with van der Waals surface area (Å²) in [6.07, 6.45) is 0.998. The Bertz CT molecular complexity index is 265. The van der Waals surface area contributed by atoms with Gasteiger partial charge in [0.2, 0.25) is 0 Å². The van der Waals surface area contributed by atoms with E-state index >= 15 is 0 Å². The molecule has 0 aliphatic carbocycles. The molecule has 86 valence electrons. The summed E-state index contributed by atoms with van der Waals surface area (Å²) >= 11 is 0. The Morgan fingerprint density at radius 2 is 2.07 bits per heavy atom. The van der Waals surface area contributed by atoms with Gasteiger partial charge in [0.25, 0.3) is 0 Å². The number of hydrogen-bond acceptors (Lipinski definition) is 3. The fourth-order valence-corrected chi connectivity index (χ4v) is 2.24. The number of rotatable bonds is 3. The highest BCUT2D eigenvalue weighted by molar-refractivity contribution is 4.99. The van der Waals surface area contributed by atoms with Gasteiger partial charge in [-0.05, 0) is 41.0 Å². The third-order valence-corrected chi connectivity index (χ3v) is 2.97. The molecule has 0 bridgehead atoms. The highest BCUT2D eigenvalue weighted by atomic mass is 16.5. The maximum atomic E-state index is 8.72. The number of nitrogens with zero attached hydrogens (tertiary/aromatic N) is 1. The van der Waals surface area contributed by atoms with Crippen molar-refractivity contribution in [2.75, 3.05) is 6.54 Å². The molecule has 0 amide bonds. The van der Waals surface area contributed by atoms with E-state index in [-0.39, 0.29) is 17.1 Å². The first kappa shape index (κ1) is 12.5. The zero-order chi connectivity index (χ0) is 11.7. The van der Waals surface area contributed by atoms with Gasteiger partial charge in [-0.15, -0.1) is 0 Å². The smallest absolute Gasteiger partial charge is 0.0787 e. The van der Waals surface area contributed by atoms with Crippen LogP contribution in [0.3, 0.4) is 0 Å². The van der Waals surface area contributed by atoms with Crippen LogP contribution in [0.1, 0.15) is 41.0 Å². The molecule has 0 spiro atoms. The molecule has 15 heavy (non-hydrogen) atoms. The Morgan fingerprint density at radius 1 is 1.47 bits per heavy atom. The van der Waals surface area contributed by atoms with Gasteiger partial charge in [0.15, 0.2) is 0 Å². The van der Waals surface area contributed by atoms with Crippen molar-refractivity contribution in [3.8, 4) is 6.07 Å². The molecular formula is C12H22N2O. The summed E-state index contributed by atoms with van der Waals surface area (Å²) in [7, 11) is 0. The van der Waals surface area contributed by atoms with Crippen LogP contribution in [0.4, 0.5) is 0 Å². The van der Waals surface area contributed by atoms with Crippen LogP contribution in [-0.4, -0.2) is 23.8 Å². The van der Waals surface area contributed by atoms with E-state index < -0.39 is 0 Å². The molecule has 1 saturated heterocycles. The van der Waals surface area contributed by atoms with Crippen LogP contribution in [-0.2, 0) is 4.74 Å². The van der Waals surface area contributed by atoms with Gasteiger partial charge in [-0.3, -0.25) is 0 Å². The maximum Gasteiger partial charge on any atom is 0.0787 e. The molecular weight excluding hydrogens is 188 g/mol. The third-order valence-electron chi connectivity index (χ3n) is 2.97. The van der Waals surface area contributed by atoms with E-state index in [0.717, 1.165) is 13.0 Å². The van der Waals surface area contributed by atoms with Gasteiger partial charge in [-0.25, -0.2) is 0 Å². The highest BCUT2D eigenvalue weighted by Crippen LogP contribution is 2.37. The lowest BCUT2D eigenvalue weighted by Gasteiger charge is -2.28. The average Bonchev–Trinajstić information content (AvgIpc) is 2.29. The van der Waals surface area contributed by atoms with Crippen LogP contribution in [0.5, 0.6) is 0 Å². The van der Waals surface area contributed by atoms with E-state index in [1.54, 1.807) is 0 Å². The van der Waals surface area contributed by atoms with Crippen molar-refractivity contribution in [2.45, 2.75) is 58.3 Å². The number of ether oxygens (including phenoxy) is 1. The van der Waals surface area contributed by atoms with Crippen molar-refractivity contribution in [1.82, 2.24) is 5.32 Å². The van der Waals surface area contributed by atoms with E-state index in [4.69, 9.17) is 10.00 Å². The molecule has 0 saturated carbocycles. The molecule has 3 heteroatoms. The molecule has 1 rings (SSSR count). The molecule has 0 radical (unpaired) electrons. The summed E-state index contributed by atoms with van der Waals surface area (Å²) in [4.78, 5) is 0. The molecule has 2 unspecified atom stereocenters. The van der Waals surface area contributed by atoms with Crippen LogP contribution >= 0.6 is 0 Å². The summed E-state index contributed by atoms with van der Waals surface area (Å²) in [6, 6.07) is 2.57. The van der Waals surface area contributed by atoms with Crippen LogP contribution in [0.15, 0.2) is 0 Å². The molecule has 2 atom stereocenters. The van der Waals surface area contributed by atoms with Crippen molar-refractivity contribution in [2.24, 2.45) is 5.92 Å². The summed E-state index contributed by atoms with van der Waals surface area (Å²) in [5, 5.41) is 12.2. The van der Waals surface area contributed by atoms with E-state index in [1.807, 2.05) is 6.92 Å². The number of nitriles is 1. The first-order valence-corrected chi connectivity index (χ1v) is 5.60. The third kappa shape index (κ3) is 3.19. The van der Waals surface area contributed by atoms with Crippen molar-refractivity contribution >= 4 is 0 Å². The van der Waals surface area contributed by atoms with Crippen LogP contribution < -0.4 is 5.32 Å². The Kier molecular flexibility index (Phi) is 3.42. The molecule has 1 aliphatic rings. The summed E-state index contributed by atoms with van der Waals surface area (Å²) in [6.45, 7) is 11.1. The lowest BCUT2D eigenvalue weighted by Crippen LogP contribution is -2.44. The molecule has 0 aromatic carbocycles. The van der Waals surface area contributed by atoms with E-state index in [0.29, 0.717) is 6.04 Å². The largest absolute Gasteiger partial charge is 0.368 e. The Hall–Kier alpha value is -0.590. The Morgan fingerprint density at radius 3 is 2.47 bits per heavy atom. The first-order chi connectivity index (χ1) is 6.77. The lowest BCUT2D eigenvalue weighted by molar-refractivity contribution is -0.0698. The molecule has 0 aromatic rings. The Balaban J connectivity index is 2.53. The predicted molar refractivity (Wildman–Crippen MR) is 60.4 cm³/mol. The number of nitrogens with one attached hydrogen (secondary N) is 1. The molecule has 0 aromatic heterocycles. The minimum Gasteiger partial charge on any atom is -0.368 e. The van der Waals surface area contributed by atoms with Crippen LogP contribution in [0.25, 0.3) is 0 Å². The SMILES string of the molecule is CC(C#N)CNC1CC(C)(C)OC1(C)C. The quantitative estimate of drug-likeness (QED) is 0.775. The van der Waals surface area contributed by atoms with Crippen molar-refractivity contribution < 1.29 is 4.74 Å². The zero-order valence-electron chi connectivity index (χ0n) is 10.4. The van der Waals surface area contributed by atoms with Gasteiger partial charge < -0.3 is 10.1 Å². The van der Waals surface area contributed by atoms with Gasteiger partial charge in [0.05, 0.1) is 23.2 Å². The second-order valence-electron chi connectivity index (χ2n) is 5.66. The molecule has 1 fully saturated rings. The van der Waals surface area contributed by atoms with Gasteiger partial charge in [0.1, 0.15) is 0 Å². The fraction of sp³-hybridized carbons (Fsp3) is 0.917. The summed E-state index contributed by atoms with van der Waals surface area (Å²) < 4.78 is 5.97. The molecule has 1 aliphatic heterocycles. The zero-order valence-corrected chi connectivity index (χ0v) is 10.4. The first-order valence-electron chi connectivity index (χ1n) is 5.60. The predicted octanol–water partition coefficient (Wildman–Crippen LogP) is 2.08. The van der Waals surface area contributed by atoms with Gasteiger partial charge in [-0.1, -0.05) is 0 Å². The minimum atomic E-state index is -0.140. The number of hydrogen-bond donors (Lipinski definition) is 1. The fourth-order valence-electron chi connectivity index (χ4n) is 2.24. The normalized spacial score (nSPS) is 29.7. The van der Waals surface area contributed by atoms with Gasteiger partial charge in [-0.2, -0.15) is 5.26 Å². The van der Waals surface area contributed by atoms with Gasteiger partial charge >= 0.3 is 0 Å². The summed E-state index contributed by atoms with van der Waals surface area (Å²) in [5.41, 5.74) is -0.199. The highest BCUT2D eigenvalue weighted by Gasteiger charge is 2.45. The van der Waals surface area contributed by atoms with Crippen molar-refractivity contribution in [1.29, 1.82) is 5.26 Å². The summed E-state index contributed by atoms with van der Waals surface area (Å²) in [5.74, 6) is 0.0597.